The Bertz CT molecular complexity index is 3350. The second-order valence-electron chi connectivity index (χ2n) is 13.8. The standard InChI is InChI=1S/C48H28N2/c1-2-12-36(13-3-1)49-45-27-33(18-20-38(45)41-26-34-23-30-9-4-5-10-31(30)24-35(34)28-46(41)49)32-19-22-44-42(25-32)40-21-17-29-11-8-15-39-37-14-6-7-16-43(37)50(44)48(40)47(29)39/h1-28H. The van der Waals surface area contributed by atoms with Gasteiger partial charge in [-0.25, -0.2) is 0 Å². The van der Waals surface area contributed by atoms with E-state index in [0.29, 0.717) is 0 Å². The normalized spacial score (nSPS) is 12.4. The largest absolute Gasteiger partial charge is 0.309 e. The van der Waals surface area contributed by atoms with E-state index >= 15 is 0 Å². The van der Waals surface area contributed by atoms with E-state index in [9.17, 15) is 0 Å². The van der Waals surface area contributed by atoms with Gasteiger partial charge in [-0.05, 0) is 104 Å². The van der Waals surface area contributed by atoms with Crippen LogP contribution in [0.4, 0.5) is 0 Å². The van der Waals surface area contributed by atoms with E-state index in [2.05, 4.69) is 179 Å². The van der Waals surface area contributed by atoms with Crippen molar-refractivity contribution in [2.75, 3.05) is 0 Å². The Morgan fingerprint density at radius 3 is 1.80 bits per heavy atom. The molecule has 0 spiro atoms. The van der Waals surface area contributed by atoms with Gasteiger partial charge < -0.3 is 8.97 Å². The maximum Gasteiger partial charge on any atom is 0.0625 e. The number of benzene rings is 9. The highest BCUT2D eigenvalue weighted by Gasteiger charge is 2.19. The predicted molar refractivity (Wildman–Crippen MR) is 213 cm³/mol. The van der Waals surface area contributed by atoms with Gasteiger partial charge in [0.05, 0.1) is 27.6 Å². The molecule has 0 unspecified atom stereocenters. The van der Waals surface area contributed by atoms with Crippen molar-refractivity contribution >= 4 is 92.2 Å². The molecule has 0 amide bonds. The number of para-hydroxylation sites is 2. The fourth-order valence-electron chi connectivity index (χ4n) is 8.92. The lowest BCUT2D eigenvalue weighted by atomic mass is 9.98. The summed E-state index contributed by atoms with van der Waals surface area (Å²) in [6.45, 7) is 0. The fourth-order valence-corrected chi connectivity index (χ4v) is 8.92. The number of hydrogen-bond acceptors (Lipinski definition) is 0. The summed E-state index contributed by atoms with van der Waals surface area (Å²) in [7, 11) is 0. The number of aromatic nitrogens is 2. The van der Waals surface area contributed by atoms with Crippen LogP contribution in [-0.4, -0.2) is 8.97 Å². The van der Waals surface area contributed by atoms with Crippen LogP contribution in [0.5, 0.6) is 0 Å². The highest BCUT2D eigenvalue weighted by molar-refractivity contribution is 6.28. The summed E-state index contributed by atoms with van der Waals surface area (Å²) in [6.07, 6.45) is 0. The summed E-state index contributed by atoms with van der Waals surface area (Å²) in [5.41, 5.74) is 9.86. The first kappa shape index (κ1) is 26.3. The quantitative estimate of drug-likeness (QED) is 0.132. The molecule has 0 bridgehead atoms. The van der Waals surface area contributed by atoms with E-state index in [1.54, 1.807) is 0 Å². The molecule has 3 aromatic heterocycles. The Hall–Kier alpha value is -6.64. The van der Waals surface area contributed by atoms with E-state index in [1.165, 1.54) is 109 Å². The van der Waals surface area contributed by atoms with Crippen LogP contribution in [0.1, 0.15) is 0 Å². The zero-order chi connectivity index (χ0) is 32.5. The topological polar surface area (TPSA) is 9.34 Å². The highest BCUT2D eigenvalue weighted by atomic mass is 15.0. The predicted octanol–water partition coefficient (Wildman–Crippen LogP) is 13.1. The third-order valence-electron chi connectivity index (χ3n) is 11.1. The van der Waals surface area contributed by atoms with E-state index in [1.807, 2.05) is 0 Å². The maximum atomic E-state index is 2.49. The maximum absolute atomic E-state index is 2.49. The van der Waals surface area contributed by atoms with Gasteiger partial charge in [0.25, 0.3) is 0 Å². The van der Waals surface area contributed by atoms with Crippen LogP contribution in [0.25, 0.3) is 109 Å². The number of nitrogens with zero attached hydrogens (tertiary/aromatic N) is 2. The van der Waals surface area contributed by atoms with E-state index in [4.69, 9.17) is 0 Å². The highest BCUT2D eigenvalue weighted by Crippen LogP contribution is 2.43. The molecule has 0 radical (unpaired) electrons. The summed E-state index contributed by atoms with van der Waals surface area (Å²) < 4.78 is 4.93. The van der Waals surface area contributed by atoms with Gasteiger partial charge in [0, 0.05) is 38.0 Å². The summed E-state index contributed by atoms with van der Waals surface area (Å²) in [5.74, 6) is 0. The smallest absolute Gasteiger partial charge is 0.0625 e. The lowest BCUT2D eigenvalue weighted by Crippen LogP contribution is -1.93. The monoisotopic (exact) mass is 632 g/mol. The molecule has 0 saturated heterocycles. The first-order valence-corrected chi connectivity index (χ1v) is 17.3. The Balaban J connectivity index is 1.14. The molecule has 0 N–H and O–H groups in total. The van der Waals surface area contributed by atoms with Crippen molar-refractivity contribution in [3.63, 3.8) is 0 Å². The number of rotatable bonds is 2. The van der Waals surface area contributed by atoms with Crippen molar-refractivity contribution in [2.24, 2.45) is 0 Å². The minimum Gasteiger partial charge on any atom is -0.309 e. The van der Waals surface area contributed by atoms with E-state index in [-0.39, 0.29) is 0 Å². The second kappa shape index (κ2) is 9.49. The molecule has 230 valence electrons. The molecule has 2 heteroatoms. The van der Waals surface area contributed by atoms with Gasteiger partial charge in [0.1, 0.15) is 0 Å². The molecule has 0 aliphatic rings. The summed E-state index contributed by atoms with van der Waals surface area (Å²) >= 11 is 0. The van der Waals surface area contributed by atoms with Crippen LogP contribution in [0.3, 0.4) is 0 Å². The van der Waals surface area contributed by atoms with E-state index < -0.39 is 0 Å². The first-order chi connectivity index (χ1) is 24.8. The Morgan fingerprint density at radius 1 is 0.300 bits per heavy atom. The molecule has 0 atom stereocenters. The Kier molecular flexibility index (Phi) is 5.00. The van der Waals surface area contributed by atoms with Gasteiger partial charge in [-0.2, -0.15) is 0 Å². The van der Waals surface area contributed by atoms with Gasteiger partial charge in [-0.15, -0.1) is 0 Å². The molecule has 50 heavy (non-hydrogen) atoms. The van der Waals surface area contributed by atoms with Gasteiger partial charge >= 0.3 is 0 Å². The average molecular weight is 633 g/mol. The molecule has 0 aliphatic heterocycles. The van der Waals surface area contributed by atoms with Crippen LogP contribution in [-0.2, 0) is 0 Å². The molecular formula is C48H28N2. The van der Waals surface area contributed by atoms with Crippen molar-refractivity contribution in [3.05, 3.63) is 170 Å². The molecule has 9 aromatic carbocycles. The Morgan fingerprint density at radius 2 is 0.920 bits per heavy atom. The van der Waals surface area contributed by atoms with Crippen molar-refractivity contribution in [2.45, 2.75) is 0 Å². The van der Waals surface area contributed by atoms with Crippen molar-refractivity contribution in [3.8, 4) is 16.8 Å². The number of fused-ring (bicyclic) bond motifs is 11. The molecule has 0 aliphatic carbocycles. The molecule has 12 aromatic rings. The Labute approximate surface area is 287 Å². The summed E-state index contributed by atoms with van der Waals surface area (Å²) in [4.78, 5) is 0. The minimum absolute atomic E-state index is 1.17. The molecule has 3 heterocycles. The molecule has 12 rings (SSSR count). The van der Waals surface area contributed by atoms with Crippen LogP contribution in [0.15, 0.2) is 170 Å². The molecule has 0 fully saturated rings. The van der Waals surface area contributed by atoms with Crippen molar-refractivity contribution in [1.29, 1.82) is 0 Å². The van der Waals surface area contributed by atoms with Crippen LogP contribution < -0.4 is 0 Å². The van der Waals surface area contributed by atoms with Crippen LogP contribution >= 0.6 is 0 Å². The zero-order valence-electron chi connectivity index (χ0n) is 27.1. The zero-order valence-corrected chi connectivity index (χ0v) is 27.1. The molecule has 2 nitrogen and oxygen atoms in total. The lowest BCUT2D eigenvalue weighted by Gasteiger charge is -2.12. The molecule has 0 saturated carbocycles. The lowest BCUT2D eigenvalue weighted by molar-refractivity contribution is 1.18. The van der Waals surface area contributed by atoms with Crippen LogP contribution in [0.2, 0.25) is 0 Å². The average Bonchev–Trinajstić information content (AvgIpc) is 3.68. The number of pyridine rings is 1. The van der Waals surface area contributed by atoms with Gasteiger partial charge in [0.2, 0.25) is 0 Å². The SMILES string of the molecule is c1ccc(-n2c3cc(-c4ccc5c(c4)c4ccc6cccc7c8ccccc8n5c4c67)ccc3c3cc4cc5ccccc5cc4cc32)cc1. The van der Waals surface area contributed by atoms with Crippen molar-refractivity contribution in [1.82, 2.24) is 8.97 Å². The van der Waals surface area contributed by atoms with Gasteiger partial charge in [0.15, 0.2) is 0 Å². The van der Waals surface area contributed by atoms with Crippen molar-refractivity contribution < 1.29 is 0 Å². The number of hydrogen-bond donors (Lipinski definition) is 0. The van der Waals surface area contributed by atoms with Gasteiger partial charge in [-0.1, -0.05) is 109 Å². The molecular weight excluding hydrogens is 605 g/mol. The third-order valence-corrected chi connectivity index (χ3v) is 11.1. The van der Waals surface area contributed by atoms with Crippen LogP contribution in [0, 0.1) is 0 Å². The summed E-state index contributed by atoms with van der Waals surface area (Å²) in [5, 5.41) is 15.4. The first-order valence-electron chi connectivity index (χ1n) is 17.3. The fraction of sp³-hybridized carbons (Fsp3) is 0. The van der Waals surface area contributed by atoms with E-state index in [0.717, 1.165) is 0 Å². The second-order valence-corrected chi connectivity index (χ2v) is 13.8. The van der Waals surface area contributed by atoms with Gasteiger partial charge in [-0.3, -0.25) is 0 Å². The minimum atomic E-state index is 1.17. The summed E-state index contributed by atoms with van der Waals surface area (Å²) in [6, 6.07) is 63.1. The third kappa shape index (κ3) is 3.42.